The first-order valence-corrected chi connectivity index (χ1v) is 6.04. The van der Waals surface area contributed by atoms with E-state index in [-0.39, 0.29) is 17.2 Å². The lowest BCUT2D eigenvalue weighted by Gasteiger charge is -2.37. The molecule has 16 heavy (non-hydrogen) atoms. The molecule has 0 heterocycles. The normalized spacial score (nSPS) is 11.6. The molecule has 0 saturated carbocycles. The quantitative estimate of drug-likeness (QED) is 0.717. The maximum atomic E-state index is 13.6. The summed E-state index contributed by atoms with van der Waals surface area (Å²) in [6.07, 6.45) is 0.988. The van der Waals surface area contributed by atoms with Crippen LogP contribution in [-0.2, 0) is 5.88 Å². The average molecular weight is 244 g/mol. The van der Waals surface area contributed by atoms with Crippen LogP contribution < -0.4 is 4.90 Å². The van der Waals surface area contributed by atoms with Gasteiger partial charge < -0.3 is 4.90 Å². The largest absolute Gasteiger partial charge is 0.369 e. The second-order valence-corrected chi connectivity index (χ2v) is 4.86. The van der Waals surface area contributed by atoms with Crippen molar-refractivity contribution in [1.29, 1.82) is 0 Å². The summed E-state index contributed by atoms with van der Waals surface area (Å²) in [7, 11) is 1.98. The van der Waals surface area contributed by atoms with E-state index in [9.17, 15) is 4.39 Å². The molecule has 0 aromatic heterocycles. The first-order chi connectivity index (χ1) is 7.44. The van der Waals surface area contributed by atoms with Crippen LogP contribution >= 0.6 is 11.6 Å². The molecule has 0 radical (unpaired) electrons. The van der Waals surface area contributed by atoms with Crippen LogP contribution in [0.4, 0.5) is 10.1 Å². The SMILES string of the molecule is CCC(C)(C)N(C)c1cccc(F)c1CCl. The van der Waals surface area contributed by atoms with Gasteiger partial charge in [0.2, 0.25) is 0 Å². The first-order valence-electron chi connectivity index (χ1n) is 5.51. The minimum absolute atomic E-state index is 0.00535. The highest BCUT2D eigenvalue weighted by Crippen LogP contribution is 2.30. The average Bonchev–Trinajstić information content (AvgIpc) is 2.27. The Bertz CT molecular complexity index is 363. The van der Waals surface area contributed by atoms with Crippen molar-refractivity contribution in [2.45, 2.75) is 38.6 Å². The predicted molar refractivity (Wildman–Crippen MR) is 68.7 cm³/mol. The predicted octanol–water partition coefficient (Wildman–Crippen LogP) is 4.19. The lowest BCUT2D eigenvalue weighted by Crippen LogP contribution is -2.41. The van der Waals surface area contributed by atoms with Gasteiger partial charge in [-0.3, -0.25) is 0 Å². The van der Waals surface area contributed by atoms with Crippen LogP contribution in [0.15, 0.2) is 18.2 Å². The Balaban J connectivity index is 3.18. The number of anilines is 1. The van der Waals surface area contributed by atoms with Gasteiger partial charge in [0.25, 0.3) is 0 Å². The minimum Gasteiger partial charge on any atom is -0.369 e. The molecule has 1 nitrogen and oxygen atoms in total. The smallest absolute Gasteiger partial charge is 0.129 e. The van der Waals surface area contributed by atoms with Gasteiger partial charge in [0, 0.05) is 23.8 Å². The molecule has 0 bridgehead atoms. The number of rotatable bonds is 4. The standard InChI is InChI=1S/C13H19ClFN/c1-5-13(2,3)16(4)12-8-6-7-11(15)10(12)9-14/h6-8H,5,9H2,1-4H3. The van der Waals surface area contributed by atoms with Gasteiger partial charge in [-0.2, -0.15) is 0 Å². The molecule has 0 N–H and O–H groups in total. The number of nitrogens with zero attached hydrogens (tertiary/aromatic N) is 1. The zero-order valence-electron chi connectivity index (χ0n) is 10.3. The zero-order chi connectivity index (χ0) is 12.3. The summed E-state index contributed by atoms with van der Waals surface area (Å²) in [5.74, 6) is -0.0298. The topological polar surface area (TPSA) is 3.24 Å². The van der Waals surface area contributed by atoms with E-state index in [0.29, 0.717) is 5.56 Å². The van der Waals surface area contributed by atoms with Gasteiger partial charge >= 0.3 is 0 Å². The van der Waals surface area contributed by atoms with E-state index in [0.717, 1.165) is 12.1 Å². The van der Waals surface area contributed by atoms with Gasteiger partial charge in [-0.05, 0) is 32.4 Å². The van der Waals surface area contributed by atoms with Gasteiger partial charge in [-0.25, -0.2) is 4.39 Å². The lowest BCUT2D eigenvalue weighted by molar-refractivity contribution is 0.468. The van der Waals surface area contributed by atoms with Crippen molar-refractivity contribution in [1.82, 2.24) is 0 Å². The minimum atomic E-state index is -0.230. The van der Waals surface area contributed by atoms with E-state index in [1.54, 1.807) is 6.07 Å². The van der Waals surface area contributed by atoms with Crippen LogP contribution in [0.25, 0.3) is 0 Å². The Morgan fingerprint density at radius 2 is 2.00 bits per heavy atom. The fourth-order valence-corrected chi connectivity index (χ4v) is 1.82. The Kier molecular flexibility index (Phi) is 4.20. The highest BCUT2D eigenvalue weighted by Gasteiger charge is 2.24. The molecule has 0 atom stereocenters. The molecular formula is C13H19ClFN. The second kappa shape index (κ2) is 5.05. The summed E-state index contributed by atoms with van der Waals surface area (Å²) < 4.78 is 13.6. The molecule has 0 unspecified atom stereocenters. The van der Waals surface area contributed by atoms with Crippen LogP contribution in [0.3, 0.4) is 0 Å². The van der Waals surface area contributed by atoms with E-state index < -0.39 is 0 Å². The van der Waals surface area contributed by atoms with Crippen molar-refractivity contribution >= 4 is 17.3 Å². The number of hydrogen-bond acceptors (Lipinski definition) is 1. The Morgan fingerprint density at radius 3 is 2.50 bits per heavy atom. The van der Waals surface area contributed by atoms with Crippen molar-refractivity contribution < 1.29 is 4.39 Å². The van der Waals surface area contributed by atoms with Gasteiger partial charge in [0.05, 0.1) is 5.88 Å². The molecule has 0 fully saturated rings. The maximum Gasteiger partial charge on any atom is 0.129 e. The summed E-state index contributed by atoms with van der Waals surface area (Å²) in [4.78, 5) is 2.09. The molecule has 0 spiro atoms. The fourth-order valence-electron chi connectivity index (χ4n) is 1.56. The van der Waals surface area contributed by atoms with E-state index in [2.05, 4.69) is 25.7 Å². The zero-order valence-corrected chi connectivity index (χ0v) is 11.1. The van der Waals surface area contributed by atoms with E-state index in [4.69, 9.17) is 11.6 Å². The number of alkyl halides is 1. The van der Waals surface area contributed by atoms with Crippen LogP contribution in [0.1, 0.15) is 32.8 Å². The van der Waals surface area contributed by atoms with Crippen molar-refractivity contribution in [3.05, 3.63) is 29.6 Å². The Hall–Kier alpha value is -0.760. The van der Waals surface area contributed by atoms with Crippen molar-refractivity contribution in [3.8, 4) is 0 Å². The maximum absolute atomic E-state index is 13.6. The molecule has 1 aromatic rings. The molecule has 0 aliphatic rings. The third-order valence-corrected chi connectivity index (χ3v) is 3.63. The first kappa shape index (κ1) is 13.3. The third kappa shape index (κ3) is 2.49. The monoisotopic (exact) mass is 243 g/mol. The van der Waals surface area contributed by atoms with Crippen LogP contribution in [0, 0.1) is 5.82 Å². The molecule has 1 rings (SSSR count). The number of benzene rings is 1. The van der Waals surface area contributed by atoms with Crippen molar-refractivity contribution in [3.63, 3.8) is 0 Å². The molecule has 0 saturated heterocycles. The second-order valence-electron chi connectivity index (χ2n) is 4.60. The highest BCUT2D eigenvalue weighted by atomic mass is 35.5. The molecule has 1 aromatic carbocycles. The van der Waals surface area contributed by atoms with Crippen LogP contribution in [0.5, 0.6) is 0 Å². The third-order valence-electron chi connectivity index (χ3n) is 3.36. The molecule has 0 aliphatic heterocycles. The van der Waals surface area contributed by atoms with Gasteiger partial charge in [-0.1, -0.05) is 13.0 Å². The van der Waals surface area contributed by atoms with E-state index >= 15 is 0 Å². The number of halogens is 2. The van der Waals surface area contributed by atoms with E-state index in [1.807, 2.05) is 13.1 Å². The van der Waals surface area contributed by atoms with Gasteiger partial charge in [0.15, 0.2) is 0 Å². The van der Waals surface area contributed by atoms with Crippen LogP contribution in [0.2, 0.25) is 0 Å². The van der Waals surface area contributed by atoms with Gasteiger partial charge in [0.1, 0.15) is 5.82 Å². The number of hydrogen-bond donors (Lipinski definition) is 0. The van der Waals surface area contributed by atoms with Crippen molar-refractivity contribution in [2.75, 3.05) is 11.9 Å². The van der Waals surface area contributed by atoms with Gasteiger partial charge in [-0.15, -0.1) is 11.6 Å². The molecular weight excluding hydrogens is 225 g/mol. The lowest BCUT2D eigenvalue weighted by atomic mass is 9.98. The molecule has 0 amide bonds. The fraction of sp³-hybridized carbons (Fsp3) is 0.538. The Labute approximate surface area is 102 Å². The molecule has 90 valence electrons. The summed E-state index contributed by atoms with van der Waals surface area (Å²) in [5, 5.41) is 0. The summed E-state index contributed by atoms with van der Waals surface area (Å²) in [5.41, 5.74) is 1.45. The van der Waals surface area contributed by atoms with E-state index in [1.165, 1.54) is 6.07 Å². The summed E-state index contributed by atoms with van der Waals surface area (Å²) >= 11 is 5.81. The highest BCUT2D eigenvalue weighted by molar-refractivity contribution is 6.17. The Morgan fingerprint density at radius 1 is 1.38 bits per heavy atom. The molecule has 3 heteroatoms. The van der Waals surface area contributed by atoms with Crippen molar-refractivity contribution in [2.24, 2.45) is 0 Å². The van der Waals surface area contributed by atoms with Crippen LogP contribution in [-0.4, -0.2) is 12.6 Å². The summed E-state index contributed by atoms with van der Waals surface area (Å²) in [6.45, 7) is 6.39. The molecule has 0 aliphatic carbocycles. The summed E-state index contributed by atoms with van der Waals surface area (Å²) in [6, 6.07) is 5.09.